The minimum absolute atomic E-state index is 0.0948. The summed E-state index contributed by atoms with van der Waals surface area (Å²) < 4.78 is 19.1. The average molecular weight is 342 g/mol. The van der Waals surface area contributed by atoms with Gasteiger partial charge in [0.2, 0.25) is 0 Å². The first-order valence-corrected chi connectivity index (χ1v) is 8.20. The highest BCUT2D eigenvalue weighted by atomic mass is 19.1. The Balaban J connectivity index is 1.64. The summed E-state index contributed by atoms with van der Waals surface area (Å²) in [5.74, 6) is -0.750. The molecule has 0 aliphatic carbocycles. The van der Waals surface area contributed by atoms with Crippen LogP contribution in [0.15, 0.2) is 48.5 Å². The molecule has 0 bridgehead atoms. The molecule has 2 aromatic carbocycles. The number of benzene rings is 2. The zero-order valence-corrected chi connectivity index (χ0v) is 13.7. The van der Waals surface area contributed by atoms with Gasteiger partial charge in [-0.2, -0.15) is 0 Å². The van der Waals surface area contributed by atoms with Crippen LogP contribution in [-0.2, 0) is 4.79 Å². The number of nitrogens with one attached hydrogen (secondary N) is 1. The maximum absolute atomic E-state index is 13.6. The van der Waals surface area contributed by atoms with Gasteiger partial charge in [0, 0.05) is 13.1 Å². The van der Waals surface area contributed by atoms with Crippen LogP contribution >= 0.6 is 0 Å². The summed E-state index contributed by atoms with van der Waals surface area (Å²) >= 11 is 0. The molecule has 5 nitrogen and oxygen atoms in total. The third-order valence-corrected chi connectivity index (χ3v) is 4.02. The van der Waals surface area contributed by atoms with Crippen LogP contribution in [0.25, 0.3) is 0 Å². The molecule has 1 fully saturated rings. The number of hydrogen-bond acceptors (Lipinski definition) is 3. The predicted molar refractivity (Wildman–Crippen MR) is 92.1 cm³/mol. The first kappa shape index (κ1) is 17.0. The maximum Gasteiger partial charge on any atom is 0.262 e. The number of carbonyl (C=O) groups is 2. The second kappa shape index (κ2) is 7.79. The lowest BCUT2D eigenvalue weighted by molar-refractivity contribution is -0.118. The molecule has 1 N–H and O–H groups in total. The molecule has 3 rings (SSSR count). The van der Waals surface area contributed by atoms with E-state index in [0.29, 0.717) is 11.3 Å². The highest BCUT2D eigenvalue weighted by molar-refractivity contribution is 5.97. The summed E-state index contributed by atoms with van der Waals surface area (Å²) in [6.45, 7) is 1.17. The lowest BCUT2D eigenvalue weighted by Gasteiger charge is -2.17. The van der Waals surface area contributed by atoms with Crippen molar-refractivity contribution in [1.29, 1.82) is 0 Å². The average Bonchev–Trinajstić information content (AvgIpc) is 3.16. The summed E-state index contributed by atoms with van der Waals surface area (Å²) in [5.41, 5.74) is 0.528. The van der Waals surface area contributed by atoms with Gasteiger partial charge >= 0.3 is 0 Å². The van der Waals surface area contributed by atoms with Crippen LogP contribution in [0.3, 0.4) is 0 Å². The van der Waals surface area contributed by atoms with Gasteiger partial charge in [-0.05, 0) is 37.1 Å². The quantitative estimate of drug-likeness (QED) is 0.908. The molecule has 25 heavy (non-hydrogen) atoms. The Morgan fingerprint density at radius 3 is 2.48 bits per heavy atom. The van der Waals surface area contributed by atoms with Crippen molar-refractivity contribution in [3.8, 4) is 5.75 Å². The van der Waals surface area contributed by atoms with E-state index in [1.807, 2.05) is 0 Å². The Morgan fingerprint density at radius 2 is 1.72 bits per heavy atom. The SMILES string of the molecule is O=C(COc1ccccc1C(=O)N1CCCC1)Nc1ccccc1F. The van der Waals surface area contributed by atoms with Gasteiger partial charge in [-0.1, -0.05) is 24.3 Å². The standard InChI is InChI=1S/C19H19FN2O3/c20-15-8-2-3-9-16(15)21-18(23)13-25-17-10-4-1-7-14(17)19(24)22-11-5-6-12-22/h1-4,7-10H,5-6,11-13H2,(H,21,23). The van der Waals surface area contributed by atoms with Gasteiger partial charge in [-0.15, -0.1) is 0 Å². The molecule has 130 valence electrons. The van der Waals surface area contributed by atoms with Crippen LogP contribution in [-0.4, -0.2) is 36.4 Å². The van der Waals surface area contributed by atoms with Crippen molar-refractivity contribution >= 4 is 17.5 Å². The Kier molecular flexibility index (Phi) is 5.28. The molecule has 0 aromatic heterocycles. The summed E-state index contributed by atoms with van der Waals surface area (Å²) in [6.07, 6.45) is 2.00. The van der Waals surface area contributed by atoms with E-state index in [9.17, 15) is 14.0 Å². The topological polar surface area (TPSA) is 58.6 Å². The van der Waals surface area contributed by atoms with E-state index in [0.717, 1.165) is 25.9 Å². The van der Waals surface area contributed by atoms with E-state index >= 15 is 0 Å². The van der Waals surface area contributed by atoms with Gasteiger partial charge in [0.25, 0.3) is 11.8 Å². The fraction of sp³-hybridized carbons (Fsp3) is 0.263. The molecule has 2 aromatic rings. The summed E-state index contributed by atoms with van der Waals surface area (Å²) in [7, 11) is 0. The Morgan fingerprint density at radius 1 is 1.04 bits per heavy atom. The van der Waals surface area contributed by atoms with Crippen LogP contribution in [0.5, 0.6) is 5.75 Å². The zero-order valence-electron chi connectivity index (χ0n) is 13.7. The summed E-state index contributed by atoms with van der Waals surface area (Å²) in [5, 5.41) is 2.45. The number of anilines is 1. The number of hydrogen-bond donors (Lipinski definition) is 1. The third kappa shape index (κ3) is 4.15. The maximum atomic E-state index is 13.6. The fourth-order valence-electron chi connectivity index (χ4n) is 2.75. The molecule has 6 heteroatoms. The van der Waals surface area contributed by atoms with Crippen LogP contribution in [0.4, 0.5) is 10.1 Å². The van der Waals surface area contributed by atoms with Gasteiger partial charge in [0.1, 0.15) is 11.6 Å². The number of rotatable bonds is 5. The molecule has 2 amide bonds. The highest BCUT2D eigenvalue weighted by Gasteiger charge is 2.22. The van der Waals surface area contributed by atoms with Crippen molar-refractivity contribution in [3.63, 3.8) is 0 Å². The Bertz CT molecular complexity index is 773. The first-order chi connectivity index (χ1) is 12.1. The van der Waals surface area contributed by atoms with E-state index in [-0.39, 0.29) is 18.2 Å². The predicted octanol–water partition coefficient (Wildman–Crippen LogP) is 3.08. The molecule has 1 heterocycles. The van der Waals surface area contributed by atoms with Crippen LogP contribution in [0.2, 0.25) is 0 Å². The number of nitrogens with zero attached hydrogens (tertiary/aromatic N) is 1. The lowest BCUT2D eigenvalue weighted by atomic mass is 10.2. The van der Waals surface area contributed by atoms with Crippen molar-refractivity contribution < 1.29 is 18.7 Å². The van der Waals surface area contributed by atoms with E-state index < -0.39 is 11.7 Å². The molecular weight excluding hydrogens is 323 g/mol. The first-order valence-electron chi connectivity index (χ1n) is 8.20. The van der Waals surface area contributed by atoms with Crippen molar-refractivity contribution in [2.24, 2.45) is 0 Å². The van der Waals surface area contributed by atoms with E-state index in [4.69, 9.17) is 4.74 Å². The molecule has 0 radical (unpaired) electrons. The van der Waals surface area contributed by atoms with Gasteiger partial charge < -0.3 is 15.0 Å². The van der Waals surface area contributed by atoms with Crippen LogP contribution in [0.1, 0.15) is 23.2 Å². The minimum atomic E-state index is -0.513. The molecule has 0 atom stereocenters. The number of likely N-dealkylation sites (tertiary alicyclic amines) is 1. The van der Waals surface area contributed by atoms with Gasteiger partial charge in [-0.25, -0.2) is 4.39 Å². The van der Waals surface area contributed by atoms with Crippen molar-refractivity contribution in [2.75, 3.05) is 25.0 Å². The monoisotopic (exact) mass is 342 g/mol. The molecular formula is C19H19FN2O3. The largest absolute Gasteiger partial charge is 0.483 e. The summed E-state index contributed by atoms with van der Waals surface area (Å²) in [4.78, 5) is 26.3. The minimum Gasteiger partial charge on any atom is -0.483 e. The second-order valence-electron chi connectivity index (χ2n) is 5.81. The number of para-hydroxylation sites is 2. The van der Waals surface area contributed by atoms with Crippen LogP contribution < -0.4 is 10.1 Å². The molecule has 0 saturated carbocycles. The van der Waals surface area contributed by atoms with Crippen molar-refractivity contribution in [3.05, 3.63) is 59.9 Å². The van der Waals surface area contributed by atoms with E-state index in [1.165, 1.54) is 12.1 Å². The zero-order chi connectivity index (χ0) is 17.6. The van der Waals surface area contributed by atoms with E-state index in [2.05, 4.69) is 5.32 Å². The second-order valence-corrected chi connectivity index (χ2v) is 5.81. The normalized spacial score (nSPS) is 13.6. The number of ether oxygens (including phenoxy) is 1. The van der Waals surface area contributed by atoms with Gasteiger partial charge in [-0.3, -0.25) is 9.59 Å². The Hall–Kier alpha value is -2.89. The summed E-state index contributed by atoms with van der Waals surface area (Å²) in [6, 6.07) is 12.7. The van der Waals surface area contributed by atoms with Crippen LogP contribution in [0, 0.1) is 5.82 Å². The number of amides is 2. The molecule has 1 aliphatic rings. The highest BCUT2D eigenvalue weighted by Crippen LogP contribution is 2.22. The number of halogens is 1. The molecule has 0 spiro atoms. The number of carbonyl (C=O) groups excluding carboxylic acids is 2. The van der Waals surface area contributed by atoms with Gasteiger partial charge in [0.15, 0.2) is 6.61 Å². The van der Waals surface area contributed by atoms with Crippen molar-refractivity contribution in [2.45, 2.75) is 12.8 Å². The molecule has 1 aliphatic heterocycles. The lowest BCUT2D eigenvalue weighted by Crippen LogP contribution is -2.28. The van der Waals surface area contributed by atoms with Crippen molar-refractivity contribution in [1.82, 2.24) is 4.90 Å². The van der Waals surface area contributed by atoms with E-state index in [1.54, 1.807) is 41.3 Å². The third-order valence-electron chi connectivity index (χ3n) is 4.02. The molecule has 0 unspecified atom stereocenters. The van der Waals surface area contributed by atoms with Gasteiger partial charge in [0.05, 0.1) is 11.3 Å². The molecule has 1 saturated heterocycles. The Labute approximate surface area is 145 Å². The smallest absolute Gasteiger partial charge is 0.262 e. The fourth-order valence-corrected chi connectivity index (χ4v) is 2.75.